The van der Waals surface area contributed by atoms with Crippen molar-refractivity contribution < 1.29 is 19.1 Å². The molecule has 2 rings (SSSR count). The van der Waals surface area contributed by atoms with Crippen LogP contribution in [-0.4, -0.2) is 30.0 Å². The molecule has 25 heavy (non-hydrogen) atoms. The van der Waals surface area contributed by atoms with E-state index in [0.717, 1.165) is 5.56 Å². The summed E-state index contributed by atoms with van der Waals surface area (Å²) in [4.78, 5) is 38.2. The van der Waals surface area contributed by atoms with Crippen molar-refractivity contribution in [1.82, 2.24) is 4.98 Å². The van der Waals surface area contributed by atoms with E-state index in [1.807, 2.05) is 30.3 Å². The molecule has 1 N–H and O–H groups in total. The minimum Gasteiger partial charge on any atom is -0.462 e. The number of aromatic amines is 1. The molecule has 0 fully saturated rings. The Labute approximate surface area is 145 Å². The van der Waals surface area contributed by atoms with Gasteiger partial charge in [0.05, 0.1) is 30.9 Å². The lowest BCUT2D eigenvalue weighted by molar-refractivity contribution is 0.0523. The number of carbonyl (C=O) groups excluding carboxylic acids is 2. The Kier molecular flexibility index (Phi) is 6.65. The average Bonchev–Trinajstić information content (AvgIpc) is 2.59. The fourth-order valence-electron chi connectivity index (χ4n) is 2.36. The number of hydrogen-bond donors (Lipinski definition) is 1. The number of esters is 1. The van der Waals surface area contributed by atoms with E-state index in [9.17, 15) is 14.4 Å². The smallest absolute Gasteiger partial charge is 0.339 e. The first-order chi connectivity index (χ1) is 12.0. The Morgan fingerprint density at radius 2 is 1.84 bits per heavy atom. The molecule has 0 radical (unpaired) electrons. The summed E-state index contributed by atoms with van der Waals surface area (Å²) < 4.78 is 10.6. The normalized spacial score (nSPS) is 10.5. The number of aromatic nitrogens is 1. The number of Topliss-reactive ketones (excluding diaryl/α,β-unsaturated/α-hetero) is 1. The van der Waals surface area contributed by atoms with Gasteiger partial charge >= 0.3 is 5.97 Å². The van der Waals surface area contributed by atoms with E-state index in [-0.39, 0.29) is 17.7 Å². The molecule has 0 atom stereocenters. The van der Waals surface area contributed by atoms with E-state index in [0.29, 0.717) is 25.3 Å². The Morgan fingerprint density at radius 1 is 1.12 bits per heavy atom. The highest BCUT2D eigenvalue weighted by atomic mass is 16.5. The fourth-order valence-corrected chi connectivity index (χ4v) is 2.36. The molecule has 6 nitrogen and oxygen atoms in total. The average molecular weight is 343 g/mol. The molecule has 0 saturated carbocycles. The number of hydrogen-bond acceptors (Lipinski definition) is 5. The number of ether oxygens (including phenoxy) is 2. The van der Waals surface area contributed by atoms with Crippen molar-refractivity contribution in [1.29, 1.82) is 0 Å². The van der Waals surface area contributed by atoms with E-state index in [1.165, 1.54) is 13.0 Å². The van der Waals surface area contributed by atoms with E-state index in [2.05, 4.69) is 4.98 Å². The van der Waals surface area contributed by atoms with Gasteiger partial charge in [-0.15, -0.1) is 0 Å². The molecular weight excluding hydrogens is 322 g/mol. The van der Waals surface area contributed by atoms with Crippen LogP contribution in [0.3, 0.4) is 0 Å². The number of nitrogens with one attached hydrogen (secondary N) is 1. The van der Waals surface area contributed by atoms with Crippen molar-refractivity contribution in [2.45, 2.75) is 26.9 Å². The van der Waals surface area contributed by atoms with Crippen LogP contribution in [0.5, 0.6) is 0 Å². The van der Waals surface area contributed by atoms with Crippen molar-refractivity contribution in [3.8, 4) is 0 Å². The zero-order valence-electron chi connectivity index (χ0n) is 14.3. The molecule has 0 saturated heterocycles. The minimum absolute atomic E-state index is 0.0583. The van der Waals surface area contributed by atoms with E-state index in [1.54, 1.807) is 6.92 Å². The van der Waals surface area contributed by atoms with Gasteiger partial charge in [-0.2, -0.15) is 0 Å². The highest BCUT2D eigenvalue weighted by Gasteiger charge is 2.18. The van der Waals surface area contributed by atoms with Crippen molar-refractivity contribution in [2.75, 3.05) is 13.2 Å². The first-order valence-electron chi connectivity index (χ1n) is 8.08. The maximum atomic E-state index is 12.1. The third kappa shape index (κ3) is 5.12. The molecule has 1 aromatic carbocycles. The second-order valence-electron chi connectivity index (χ2n) is 5.47. The van der Waals surface area contributed by atoms with Crippen LogP contribution in [0, 0.1) is 0 Å². The van der Waals surface area contributed by atoms with Gasteiger partial charge < -0.3 is 14.5 Å². The second-order valence-corrected chi connectivity index (χ2v) is 5.47. The van der Waals surface area contributed by atoms with Gasteiger partial charge in [0.2, 0.25) is 0 Å². The summed E-state index contributed by atoms with van der Waals surface area (Å²) in [5.41, 5.74) is 1.06. The zero-order valence-corrected chi connectivity index (χ0v) is 14.3. The van der Waals surface area contributed by atoms with Crippen LogP contribution in [0.4, 0.5) is 0 Å². The molecule has 0 bridgehead atoms. The lowest BCUT2D eigenvalue weighted by atomic mass is 10.1. The summed E-state index contributed by atoms with van der Waals surface area (Å²) in [6.07, 6.45) is 0.328. The van der Waals surface area contributed by atoms with Crippen LogP contribution in [-0.2, 0) is 22.5 Å². The predicted octanol–water partition coefficient (Wildman–Crippen LogP) is 2.51. The van der Waals surface area contributed by atoms with Gasteiger partial charge in [0, 0.05) is 12.1 Å². The summed E-state index contributed by atoms with van der Waals surface area (Å²) in [7, 11) is 0. The van der Waals surface area contributed by atoms with Gasteiger partial charge in [-0.05, 0) is 25.5 Å². The molecule has 132 valence electrons. The molecule has 0 aliphatic carbocycles. The number of H-pyrrole nitrogens is 1. The molecule has 0 unspecified atom stereocenters. The van der Waals surface area contributed by atoms with Gasteiger partial charge in [0.1, 0.15) is 0 Å². The number of benzene rings is 1. The Hall–Kier alpha value is -2.73. The first-order valence-corrected chi connectivity index (χ1v) is 8.08. The molecule has 0 amide bonds. The Balaban J connectivity index is 2.12. The number of ketones is 1. The molecule has 1 aromatic heterocycles. The zero-order chi connectivity index (χ0) is 18.2. The summed E-state index contributed by atoms with van der Waals surface area (Å²) in [6, 6.07) is 11.0. The summed E-state index contributed by atoms with van der Waals surface area (Å²) in [6.45, 7) is 3.93. The molecule has 1 heterocycles. The van der Waals surface area contributed by atoms with Gasteiger partial charge in [-0.25, -0.2) is 4.79 Å². The van der Waals surface area contributed by atoms with Crippen LogP contribution in [0.2, 0.25) is 0 Å². The Morgan fingerprint density at radius 3 is 2.48 bits per heavy atom. The van der Waals surface area contributed by atoms with Crippen molar-refractivity contribution >= 4 is 11.8 Å². The third-order valence-electron chi connectivity index (χ3n) is 3.61. The van der Waals surface area contributed by atoms with E-state index in [4.69, 9.17) is 9.47 Å². The van der Waals surface area contributed by atoms with Crippen LogP contribution in [0.1, 0.15) is 45.8 Å². The molecular formula is C19H21NO5. The second kappa shape index (κ2) is 8.94. The summed E-state index contributed by atoms with van der Waals surface area (Å²) >= 11 is 0. The van der Waals surface area contributed by atoms with Crippen LogP contribution in [0.25, 0.3) is 0 Å². The monoisotopic (exact) mass is 343 g/mol. The Bertz CT molecular complexity index is 795. The van der Waals surface area contributed by atoms with Crippen molar-refractivity contribution in [3.05, 3.63) is 69.1 Å². The topological polar surface area (TPSA) is 85.5 Å². The van der Waals surface area contributed by atoms with E-state index >= 15 is 0 Å². The highest BCUT2D eigenvalue weighted by Crippen LogP contribution is 2.11. The van der Waals surface area contributed by atoms with Crippen LogP contribution < -0.4 is 5.56 Å². The van der Waals surface area contributed by atoms with Crippen molar-refractivity contribution in [3.63, 3.8) is 0 Å². The largest absolute Gasteiger partial charge is 0.462 e. The number of rotatable bonds is 8. The lowest BCUT2D eigenvalue weighted by Crippen LogP contribution is -2.23. The van der Waals surface area contributed by atoms with Gasteiger partial charge in [0.15, 0.2) is 5.78 Å². The van der Waals surface area contributed by atoms with Crippen LogP contribution in [0.15, 0.2) is 41.2 Å². The van der Waals surface area contributed by atoms with Gasteiger partial charge in [0.25, 0.3) is 5.56 Å². The maximum absolute atomic E-state index is 12.1. The molecule has 0 aliphatic rings. The standard InChI is InChI=1S/C19H21NO5/c1-3-25-19(23)16-11-15(13(2)21)18(22)20-17(16)9-10-24-12-14-7-5-4-6-8-14/h4-8,11H,3,9-10,12H2,1-2H3,(H,20,22). The fraction of sp³-hybridized carbons (Fsp3) is 0.316. The molecule has 0 aliphatic heterocycles. The van der Waals surface area contributed by atoms with Crippen LogP contribution >= 0.6 is 0 Å². The van der Waals surface area contributed by atoms with Crippen molar-refractivity contribution in [2.24, 2.45) is 0 Å². The van der Waals surface area contributed by atoms with Gasteiger partial charge in [-0.3, -0.25) is 9.59 Å². The molecule has 2 aromatic rings. The number of carbonyl (C=O) groups is 2. The molecule has 6 heteroatoms. The first kappa shape index (κ1) is 18.6. The summed E-state index contributed by atoms with van der Waals surface area (Å²) in [5.74, 6) is -0.974. The summed E-state index contributed by atoms with van der Waals surface area (Å²) in [5, 5.41) is 0. The quantitative estimate of drug-likeness (QED) is 0.452. The number of pyridine rings is 1. The predicted molar refractivity (Wildman–Crippen MR) is 92.8 cm³/mol. The molecule has 0 spiro atoms. The van der Waals surface area contributed by atoms with Gasteiger partial charge in [-0.1, -0.05) is 30.3 Å². The maximum Gasteiger partial charge on any atom is 0.339 e. The highest BCUT2D eigenvalue weighted by molar-refractivity contribution is 5.97. The third-order valence-corrected chi connectivity index (χ3v) is 3.61. The van der Waals surface area contributed by atoms with E-state index < -0.39 is 17.3 Å². The minimum atomic E-state index is -0.570. The SMILES string of the molecule is CCOC(=O)c1cc(C(C)=O)c(=O)[nH]c1CCOCc1ccccc1. The lowest BCUT2D eigenvalue weighted by Gasteiger charge is -2.10.